The first kappa shape index (κ1) is 9.45. The highest BCUT2D eigenvalue weighted by Gasteiger charge is 2.00. The van der Waals surface area contributed by atoms with Gasteiger partial charge >= 0.3 is 0 Å². The van der Waals surface area contributed by atoms with Crippen LogP contribution in [-0.2, 0) is 0 Å². The van der Waals surface area contributed by atoms with Crippen LogP contribution in [-0.4, -0.2) is 17.0 Å². The molecule has 4 nitrogen and oxygen atoms in total. The Hall–Kier alpha value is -2.10. The molecule has 76 valence electrons. The third kappa shape index (κ3) is 2.04. The molecule has 3 N–H and O–H groups in total. The third-order valence-electron chi connectivity index (χ3n) is 2.12. The molecule has 0 aliphatic carbocycles. The Morgan fingerprint density at radius 1 is 1.27 bits per heavy atom. The second kappa shape index (κ2) is 3.96. The van der Waals surface area contributed by atoms with Crippen molar-refractivity contribution in [1.29, 1.82) is 0 Å². The normalized spacial score (nSPS) is 9.93. The number of rotatable bonds is 2. The highest BCUT2D eigenvalue weighted by molar-refractivity contribution is 5.65. The highest BCUT2D eigenvalue weighted by atomic mass is 15.0. The molecule has 0 spiro atoms. The Labute approximate surface area is 88.2 Å². The first-order valence-corrected chi connectivity index (χ1v) is 4.66. The molecule has 0 unspecified atom stereocenters. The number of nitrogen functional groups attached to an aromatic ring is 1. The molecule has 0 atom stereocenters. The molecule has 2 aromatic rings. The maximum atomic E-state index is 5.53. The molecular weight excluding hydrogens is 188 g/mol. The lowest BCUT2D eigenvalue weighted by Gasteiger charge is -2.04. The van der Waals surface area contributed by atoms with Gasteiger partial charge in [0.05, 0.1) is 5.69 Å². The summed E-state index contributed by atoms with van der Waals surface area (Å²) in [5, 5.41) is 3.08. The van der Waals surface area contributed by atoms with Crippen LogP contribution in [0.15, 0.2) is 36.5 Å². The Morgan fingerprint density at radius 3 is 2.87 bits per heavy atom. The summed E-state index contributed by atoms with van der Waals surface area (Å²) in [5.74, 6) is 0.294. The van der Waals surface area contributed by atoms with E-state index in [9.17, 15) is 0 Å². The van der Waals surface area contributed by atoms with Gasteiger partial charge in [0.1, 0.15) is 0 Å². The molecule has 0 saturated heterocycles. The average molecular weight is 200 g/mol. The highest BCUT2D eigenvalue weighted by Crippen LogP contribution is 2.20. The number of hydrogen-bond acceptors (Lipinski definition) is 4. The molecule has 0 fully saturated rings. The largest absolute Gasteiger partial charge is 0.388 e. The van der Waals surface area contributed by atoms with Crippen LogP contribution in [0.2, 0.25) is 0 Å². The number of anilines is 2. The van der Waals surface area contributed by atoms with Crippen LogP contribution in [0.5, 0.6) is 0 Å². The minimum atomic E-state index is 0.294. The zero-order valence-corrected chi connectivity index (χ0v) is 8.44. The van der Waals surface area contributed by atoms with Gasteiger partial charge in [0.2, 0.25) is 5.95 Å². The Balaban J connectivity index is 2.44. The van der Waals surface area contributed by atoms with Gasteiger partial charge in [-0.05, 0) is 18.2 Å². The van der Waals surface area contributed by atoms with Crippen LogP contribution >= 0.6 is 0 Å². The maximum Gasteiger partial charge on any atom is 0.220 e. The average Bonchev–Trinajstić information content (AvgIpc) is 2.29. The van der Waals surface area contributed by atoms with E-state index in [0.29, 0.717) is 5.95 Å². The second-order valence-corrected chi connectivity index (χ2v) is 3.13. The van der Waals surface area contributed by atoms with Crippen LogP contribution in [0.4, 0.5) is 11.6 Å². The summed E-state index contributed by atoms with van der Waals surface area (Å²) >= 11 is 0. The molecule has 15 heavy (non-hydrogen) atoms. The summed E-state index contributed by atoms with van der Waals surface area (Å²) in [6.45, 7) is 0. The van der Waals surface area contributed by atoms with Crippen molar-refractivity contribution >= 4 is 11.6 Å². The Morgan fingerprint density at radius 2 is 2.13 bits per heavy atom. The summed E-state index contributed by atoms with van der Waals surface area (Å²) in [5.41, 5.74) is 8.43. The topological polar surface area (TPSA) is 63.8 Å². The van der Waals surface area contributed by atoms with Gasteiger partial charge in [0.15, 0.2) is 0 Å². The quantitative estimate of drug-likeness (QED) is 0.775. The minimum absolute atomic E-state index is 0.294. The van der Waals surface area contributed by atoms with Gasteiger partial charge in [-0.25, -0.2) is 9.97 Å². The fraction of sp³-hybridized carbons (Fsp3) is 0.0909. The molecular formula is C11H12N4. The first-order chi connectivity index (χ1) is 7.29. The fourth-order valence-electron chi connectivity index (χ4n) is 1.37. The third-order valence-corrected chi connectivity index (χ3v) is 2.12. The molecule has 0 aliphatic heterocycles. The van der Waals surface area contributed by atoms with Gasteiger partial charge < -0.3 is 11.1 Å². The van der Waals surface area contributed by atoms with Crippen molar-refractivity contribution in [3.8, 4) is 11.3 Å². The van der Waals surface area contributed by atoms with E-state index in [1.54, 1.807) is 6.20 Å². The molecule has 2 rings (SSSR count). The van der Waals surface area contributed by atoms with Crippen LogP contribution < -0.4 is 11.1 Å². The zero-order chi connectivity index (χ0) is 10.7. The molecule has 0 radical (unpaired) electrons. The first-order valence-electron chi connectivity index (χ1n) is 4.66. The Bertz CT molecular complexity index is 468. The smallest absolute Gasteiger partial charge is 0.220 e. The van der Waals surface area contributed by atoms with Crippen LogP contribution in [0.25, 0.3) is 11.3 Å². The summed E-state index contributed by atoms with van der Waals surface area (Å²) in [6, 6.07) is 9.81. The number of hydrogen-bond donors (Lipinski definition) is 2. The maximum absolute atomic E-state index is 5.53. The standard InChI is InChI=1S/C11H12N4/c1-13-9-4-2-3-8(7-9)10-5-6-14-11(12)15-10/h2-7,13H,1H3,(H2,12,14,15). The number of benzene rings is 1. The lowest BCUT2D eigenvalue weighted by Crippen LogP contribution is -1.95. The zero-order valence-electron chi connectivity index (χ0n) is 8.44. The lowest BCUT2D eigenvalue weighted by molar-refractivity contribution is 1.19. The van der Waals surface area contributed by atoms with E-state index in [-0.39, 0.29) is 0 Å². The molecule has 0 aliphatic rings. The molecule has 0 amide bonds. The second-order valence-electron chi connectivity index (χ2n) is 3.13. The molecule has 0 bridgehead atoms. The van der Waals surface area contributed by atoms with Crippen molar-refractivity contribution in [2.24, 2.45) is 0 Å². The summed E-state index contributed by atoms with van der Waals surface area (Å²) in [4.78, 5) is 8.02. The van der Waals surface area contributed by atoms with Gasteiger partial charge in [-0.1, -0.05) is 12.1 Å². The summed E-state index contributed by atoms with van der Waals surface area (Å²) in [6.07, 6.45) is 1.66. The summed E-state index contributed by atoms with van der Waals surface area (Å²) in [7, 11) is 1.88. The van der Waals surface area contributed by atoms with Crippen LogP contribution in [0.1, 0.15) is 0 Å². The number of aromatic nitrogens is 2. The van der Waals surface area contributed by atoms with E-state index in [1.807, 2.05) is 37.4 Å². The minimum Gasteiger partial charge on any atom is -0.388 e. The van der Waals surface area contributed by atoms with Crippen molar-refractivity contribution < 1.29 is 0 Å². The monoisotopic (exact) mass is 200 g/mol. The predicted octanol–water partition coefficient (Wildman–Crippen LogP) is 1.77. The number of nitrogens with two attached hydrogens (primary N) is 1. The van der Waals surface area contributed by atoms with Crippen molar-refractivity contribution in [2.75, 3.05) is 18.1 Å². The van der Waals surface area contributed by atoms with Gasteiger partial charge in [-0.3, -0.25) is 0 Å². The van der Waals surface area contributed by atoms with Gasteiger partial charge in [-0.15, -0.1) is 0 Å². The van der Waals surface area contributed by atoms with Crippen LogP contribution in [0, 0.1) is 0 Å². The number of nitrogens with one attached hydrogen (secondary N) is 1. The predicted molar refractivity (Wildman–Crippen MR) is 61.4 cm³/mol. The van der Waals surface area contributed by atoms with Crippen molar-refractivity contribution in [3.63, 3.8) is 0 Å². The van der Waals surface area contributed by atoms with Gasteiger partial charge in [-0.2, -0.15) is 0 Å². The van der Waals surface area contributed by atoms with Crippen molar-refractivity contribution in [2.45, 2.75) is 0 Å². The van der Waals surface area contributed by atoms with E-state index in [1.165, 1.54) is 0 Å². The Kier molecular flexibility index (Phi) is 2.49. The lowest BCUT2D eigenvalue weighted by atomic mass is 10.1. The summed E-state index contributed by atoms with van der Waals surface area (Å²) < 4.78 is 0. The molecule has 1 heterocycles. The fourth-order valence-corrected chi connectivity index (χ4v) is 1.37. The molecule has 1 aromatic heterocycles. The van der Waals surface area contributed by atoms with E-state index >= 15 is 0 Å². The molecule has 4 heteroatoms. The van der Waals surface area contributed by atoms with E-state index in [0.717, 1.165) is 16.9 Å². The molecule has 1 aromatic carbocycles. The van der Waals surface area contributed by atoms with Gasteiger partial charge in [0.25, 0.3) is 0 Å². The SMILES string of the molecule is CNc1cccc(-c2ccnc(N)n2)c1. The van der Waals surface area contributed by atoms with Crippen molar-refractivity contribution in [3.05, 3.63) is 36.5 Å². The van der Waals surface area contributed by atoms with E-state index in [2.05, 4.69) is 15.3 Å². The van der Waals surface area contributed by atoms with Crippen molar-refractivity contribution in [1.82, 2.24) is 9.97 Å². The number of nitrogens with zero attached hydrogens (tertiary/aromatic N) is 2. The van der Waals surface area contributed by atoms with E-state index < -0.39 is 0 Å². The van der Waals surface area contributed by atoms with E-state index in [4.69, 9.17) is 5.73 Å². The van der Waals surface area contributed by atoms with Gasteiger partial charge in [0, 0.05) is 24.5 Å². The van der Waals surface area contributed by atoms with Crippen LogP contribution in [0.3, 0.4) is 0 Å². The molecule has 0 saturated carbocycles.